The van der Waals surface area contributed by atoms with Gasteiger partial charge in [0.15, 0.2) is 0 Å². The first-order valence-electron chi connectivity index (χ1n) is 7.60. The van der Waals surface area contributed by atoms with Gasteiger partial charge in [0.1, 0.15) is 5.01 Å². The van der Waals surface area contributed by atoms with E-state index in [1.54, 1.807) is 11.6 Å². The van der Waals surface area contributed by atoms with Gasteiger partial charge in [0.25, 0.3) is 0 Å². The van der Waals surface area contributed by atoms with Crippen LogP contribution >= 0.6 is 11.3 Å². The zero-order valence-corrected chi connectivity index (χ0v) is 14.5. The maximum Gasteiger partial charge on any atom is 0.308 e. The summed E-state index contributed by atoms with van der Waals surface area (Å²) < 4.78 is 4.69. The van der Waals surface area contributed by atoms with Crippen molar-refractivity contribution in [3.63, 3.8) is 0 Å². The SMILES string of the molecule is COC(=O)C[C@@H](NC(=O)[C@@H](N)[C@@H](C)c1ccccc1)c1nccs1. The molecule has 128 valence electrons. The Kier molecular flexibility index (Phi) is 6.45. The van der Waals surface area contributed by atoms with E-state index in [0.717, 1.165) is 5.56 Å². The van der Waals surface area contributed by atoms with Crippen LogP contribution in [0, 0.1) is 0 Å². The number of nitrogens with two attached hydrogens (primary N) is 1. The Balaban J connectivity index is 2.07. The molecule has 0 radical (unpaired) electrons. The Bertz CT molecular complexity index is 661. The summed E-state index contributed by atoms with van der Waals surface area (Å²) in [6.45, 7) is 1.90. The number of nitrogens with zero attached hydrogens (tertiary/aromatic N) is 1. The van der Waals surface area contributed by atoms with E-state index in [9.17, 15) is 9.59 Å². The number of benzene rings is 1. The van der Waals surface area contributed by atoms with Crippen molar-refractivity contribution in [3.8, 4) is 0 Å². The van der Waals surface area contributed by atoms with E-state index in [2.05, 4.69) is 10.3 Å². The van der Waals surface area contributed by atoms with Gasteiger partial charge in [-0.3, -0.25) is 9.59 Å². The second-order valence-corrected chi connectivity index (χ2v) is 6.36. The largest absolute Gasteiger partial charge is 0.469 e. The highest BCUT2D eigenvalue weighted by atomic mass is 32.1. The zero-order valence-electron chi connectivity index (χ0n) is 13.6. The van der Waals surface area contributed by atoms with Crippen LogP contribution in [0.2, 0.25) is 0 Å². The molecular formula is C17H21N3O3S. The third-order valence-electron chi connectivity index (χ3n) is 3.83. The average molecular weight is 347 g/mol. The number of carbonyl (C=O) groups excluding carboxylic acids is 2. The van der Waals surface area contributed by atoms with Crippen molar-refractivity contribution < 1.29 is 14.3 Å². The molecule has 3 N–H and O–H groups in total. The predicted molar refractivity (Wildman–Crippen MR) is 92.5 cm³/mol. The average Bonchev–Trinajstić information content (AvgIpc) is 3.15. The maximum absolute atomic E-state index is 12.5. The van der Waals surface area contributed by atoms with Crippen LogP contribution in [0.3, 0.4) is 0 Å². The molecule has 0 aliphatic carbocycles. The molecule has 24 heavy (non-hydrogen) atoms. The van der Waals surface area contributed by atoms with Gasteiger partial charge < -0.3 is 15.8 Å². The Morgan fingerprint density at radius 1 is 1.33 bits per heavy atom. The standard InChI is InChI=1S/C17H21N3O3S/c1-11(12-6-4-3-5-7-12)15(18)16(22)20-13(10-14(21)23-2)17-19-8-9-24-17/h3-9,11,13,15H,10,18H2,1-2H3,(H,20,22)/t11-,13+,15-/m0/s1. The predicted octanol–water partition coefficient (Wildman–Crippen LogP) is 1.99. The Morgan fingerprint density at radius 2 is 2.04 bits per heavy atom. The third-order valence-corrected chi connectivity index (χ3v) is 4.72. The summed E-state index contributed by atoms with van der Waals surface area (Å²) in [7, 11) is 1.31. The number of esters is 1. The number of hydrogen-bond donors (Lipinski definition) is 2. The lowest BCUT2D eigenvalue weighted by atomic mass is 9.93. The Labute approximate surface area is 145 Å². The fourth-order valence-electron chi connectivity index (χ4n) is 2.32. The minimum absolute atomic E-state index is 0.0161. The van der Waals surface area contributed by atoms with Crippen molar-refractivity contribution in [2.45, 2.75) is 31.3 Å². The molecule has 2 aromatic rings. The van der Waals surface area contributed by atoms with E-state index in [-0.39, 0.29) is 18.2 Å². The van der Waals surface area contributed by atoms with Crippen LogP contribution in [-0.4, -0.2) is 30.0 Å². The molecule has 7 heteroatoms. The number of aromatic nitrogens is 1. The van der Waals surface area contributed by atoms with Gasteiger partial charge >= 0.3 is 5.97 Å². The second-order valence-electron chi connectivity index (χ2n) is 5.44. The van der Waals surface area contributed by atoms with E-state index in [0.29, 0.717) is 5.01 Å². The molecule has 3 atom stereocenters. The van der Waals surface area contributed by atoms with Crippen LogP contribution in [0.4, 0.5) is 0 Å². The normalized spacial score (nSPS) is 14.5. The highest BCUT2D eigenvalue weighted by Gasteiger charge is 2.27. The van der Waals surface area contributed by atoms with Crippen molar-refractivity contribution in [2.24, 2.45) is 5.73 Å². The molecule has 1 aromatic heterocycles. The van der Waals surface area contributed by atoms with Crippen molar-refractivity contribution in [3.05, 3.63) is 52.5 Å². The molecule has 0 spiro atoms. The topological polar surface area (TPSA) is 94.3 Å². The summed E-state index contributed by atoms with van der Waals surface area (Å²) >= 11 is 1.37. The molecule has 0 aliphatic rings. The first kappa shape index (κ1) is 18.1. The number of nitrogens with one attached hydrogen (secondary N) is 1. The van der Waals surface area contributed by atoms with Crippen LogP contribution in [0.5, 0.6) is 0 Å². The lowest BCUT2D eigenvalue weighted by molar-refractivity contribution is -0.141. The summed E-state index contributed by atoms with van der Waals surface area (Å²) in [5.41, 5.74) is 7.10. The zero-order chi connectivity index (χ0) is 17.5. The van der Waals surface area contributed by atoms with Gasteiger partial charge in [-0.1, -0.05) is 37.3 Å². The summed E-state index contributed by atoms with van der Waals surface area (Å²) in [6, 6.07) is 8.33. The molecule has 0 saturated carbocycles. The lowest BCUT2D eigenvalue weighted by Crippen LogP contribution is -2.45. The van der Waals surface area contributed by atoms with Crippen LogP contribution in [-0.2, 0) is 14.3 Å². The van der Waals surface area contributed by atoms with Crippen LogP contribution in [0.25, 0.3) is 0 Å². The van der Waals surface area contributed by atoms with E-state index in [1.807, 2.05) is 37.3 Å². The molecule has 0 saturated heterocycles. The minimum Gasteiger partial charge on any atom is -0.469 e. The molecule has 6 nitrogen and oxygen atoms in total. The first-order valence-corrected chi connectivity index (χ1v) is 8.48. The fourth-order valence-corrected chi connectivity index (χ4v) is 3.00. The Morgan fingerprint density at radius 3 is 2.62 bits per heavy atom. The highest BCUT2D eigenvalue weighted by molar-refractivity contribution is 7.09. The summed E-state index contributed by atoms with van der Waals surface area (Å²) in [4.78, 5) is 28.3. The van der Waals surface area contributed by atoms with E-state index >= 15 is 0 Å². The monoisotopic (exact) mass is 347 g/mol. The van der Waals surface area contributed by atoms with Gasteiger partial charge in [0, 0.05) is 17.5 Å². The van der Waals surface area contributed by atoms with E-state index in [4.69, 9.17) is 10.5 Å². The van der Waals surface area contributed by atoms with Crippen molar-refractivity contribution >= 4 is 23.2 Å². The summed E-state index contributed by atoms with van der Waals surface area (Å²) in [6.07, 6.45) is 1.64. The number of methoxy groups -OCH3 is 1. The Hall–Kier alpha value is -2.25. The first-order chi connectivity index (χ1) is 11.5. The number of rotatable bonds is 7. The number of hydrogen-bond acceptors (Lipinski definition) is 6. The van der Waals surface area contributed by atoms with Gasteiger partial charge in [-0.25, -0.2) is 4.98 Å². The summed E-state index contributed by atoms with van der Waals surface area (Å²) in [5, 5.41) is 5.25. The minimum atomic E-state index is -0.729. The second kappa shape index (κ2) is 8.56. The molecule has 1 heterocycles. The number of amides is 1. The van der Waals surface area contributed by atoms with Gasteiger partial charge in [-0.05, 0) is 5.56 Å². The van der Waals surface area contributed by atoms with Crippen LogP contribution in [0.15, 0.2) is 41.9 Å². The molecule has 2 rings (SSSR count). The molecular weight excluding hydrogens is 326 g/mol. The highest BCUT2D eigenvalue weighted by Crippen LogP contribution is 2.22. The van der Waals surface area contributed by atoms with Crippen molar-refractivity contribution in [2.75, 3.05) is 7.11 Å². The van der Waals surface area contributed by atoms with Crippen molar-refractivity contribution in [1.29, 1.82) is 0 Å². The molecule has 1 amide bonds. The molecule has 0 bridgehead atoms. The number of ether oxygens (including phenoxy) is 1. The molecule has 1 aromatic carbocycles. The summed E-state index contributed by atoms with van der Waals surface area (Å²) in [5.74, 6) is -0.892. The maximum atomic E-state index is 12.5. The van der Waals surface area contributed by atoms with E-state index in [1.165, 1.54) is 18.4 Å². The van der Waals surface area contributed by atoms with Gasteiger partial charge in [-0.2, -0.15) is 0 Å². The smallest absolute Gasteiger partial charge is 0.308 e. The van der Waals surface area contributed by atoms with Gasteiger partial charge in [0.2, 0.25) is 5.91 Å². The number of thiazole rings is 1. The van der Waals surface area contributed by atoms with Crippen LogP contribution < -0.4 is 11.1 Å². The number of carbonyl (C=O) groups is 2. The third kappa shape index (κ3) is 4.62. The quantitative estimate of drug-likeness (QED) is 0.747. The molecule has 0 aliphatic heterocycles. The van der Waals surface area contributed by atoms with Crippen LogP contribution in [0.1, 0.15) is 35.9 Å². The fraction of sp³-hybridized carbons (Fsp3) is 0.353. The lowest BCUT2D eigenvalue weighted by Gasteiger charge is -2.23. The molecule has 0 unspecified atom stereocenters. The van der Waals surface area contributed by atoms with Gasteiger partial charge in [-0.15, -0.1) is 11.3 Å². The van der Waals surface area contributed by atoms with Crippen molar-refractivity contribution in [1.82, 2.24) is 10.3 Å². The van der Waals surface area contributed by atoms with E-state index < -0.39 is 18.1 Å². The van der Waals surface area contributed by atoms with Gasteiger partial charge in [0.05, 0.1) is 25.6 Å². The molecule has 0 fully saturated rings.